The van der Waals surface area contributed by atoms with E-state index in [1.807, 2.05) is 30.0 Å². The molecule has 5 nitrogen and oxygen atoms in total. The van der Waals surface area contributed by atoms with Crippen molar-refractivity contribution in [3.8, 4) is 5.69 Å². The summed E-state index contributed by atoms with van der Waals surface area (Å²) in [5.41, 5.74) is 6.24. The second kappa shape index (κ2) is 9.67. The Morgan fingerprint density at radius 1 is 1.06 bits per heavy atom. The molecule has 0 aliphatic carbocycles. The lowest BCUT2D eigenvalue weighted by Crippen LogP contribution is -2.64. The average Bonchev–Trinajstić information content (AvgIpc) is 3.26. The molecular weight excluding hydrogens is 384 g/mol. The summed E-state index contributed by atoms with van der Waals surface area (Å²) in [5, 5.41) is 8.42. The molecule has 1 fully saturated rings. The molecule has 0 bridgehead atoms. The number of nitrogens with zero attached hydrogens (tertiary/aromatic N) is 3. The number of aromatic nitrogens is 2. The van der Waals surface area contributed by atoms with E-state index in [4.69, 9.17) is 9.84 Å². The van der Waals surface area contributed by atoms with Gasteiger partial charge in [0.15, 0.2) is 0 Å². The molecule has 31 heavy (non-hydrogen) atoms. The molecule has 0 amide bonds. The van der Waals surface area contributed by atoms with Gasteiger partial charge < -0.3 is 15.0 Å². The van der Waals surface area contributed by atoms with Gasteiger partial charge in [-0.3, -0.25) is 0 Å². The second-order valence-electron chi connectivity index (χ2n) is 8.65. The normalized spacial score (nSPS) is 19.0. The molecule has 164 valence electrons. The third-order valence-corrected chi connectivity index (χ3v) is 6.56. The van der Waals surface area contributed by atoms with E-state index in [-0.39, 0.29) is 5.54 Å². The lowest BCUT2D eigenvalue weighted by molar-refractivity contribution is 0.110. The first kappa shape index (κ1) is 21.6. The zero-order valence-corrected chi connectivity index (χ0v) is 19.0. The number of benzene rings is 2. The van der Waals surface area contributed by atoms with Crippen LogP contribution in [-0.2, 0) is 11.2 Å². The summed E-state index contributed by atoms with van der Waals surface area (Å²) in [7, 11) is 1.82. The SMILES string of the molecule is COCC1(CCCc2ccn(-c3ccccc3)n2)CNCCN1c1cccc(C)c1C. The molecule has 0 spiro atoms. The zero-order valence-electron chi connectivity index (χ0n) is 19.0. The van der Waals surface area contributed by atoms with Crippen LogP contribution in [0.15, 0.2) is 60.8 Å². The van der Waals surface area contributed by atoms with Gasteiger partial charge in [-0.2, -0.15) is 5.10 Å². The smallest absolute Gasteiger partial charge is 0.0759 e. The third-order valence-electron chi connectivity index (χ3n) is 6.56. The number of nitrogens with one attached hydrogen (secondary N) is 1. The van der Waals surface area contributed by atoms with E-state index in [9.17, 15) is 0 Å². The summed E-state index contributed by atoms with van der Waals surface area (Å²) in [6.45, 7) is 8.08. The van der Waals surface area contributed by atoms with Gasteiger partial charge in [-0.25, -0.2) is 4.68 Å². The number of rotatable bonds is 8. The van der Waals surface area contributed by atoms with Crippen molar-refractivity contribution in [2.24, 2.45) is 0 Å². The van der Waals surface area contributed by atoms with Crippen molar-refractivity contribution in [1.82, 2.24) is 15.1 Å². The monoisotopic (exact) mass is 418 g/mol. The predicted octanol–water partition coefficient (Wildman–Crippen LogP) is 4.31. The maximum Gasteiger partial charge on any atom is 0.0759 e. The molecule has 2 aromatic carbocycles. The first-order chi connectivity index (χ1) is 15.1. The Balaban J connectivity index is 1.49. The van der Waals surface area contributed by atoms with Gasteiger partial charge >= 0.3 is 0 Å². The van der Waals surface area contributed by atoms with E-state index >= 15 is 0 Å². The van der Waals surface area contributed by atoms with Crippen LogP contribution in [0, 0.1) is 13.8 Å². The third kappa shape index (κ3) is 4.68. The van der Waals surface area contributed by atoms with Crippen LogP contribution in [0.2, 0.25) is 0 Å². The van der Waals surface area contributed by atoms with E-state index in [0.717, 1.165) is 50.3 Å². The van der Waals surface area contributed by atoms with Crippen LogP contribution in [0.4, 0.5) is 5.69 Å². The molecule has 1 saturated heterocycles. The number of para-hydroxylation sites is 1. The Kier molecular flexibility index (Phi) is 6.73. The number of anilines is 1. The largest absolute Gasteiger partial charge is 0.382 e. The Morgan fingerprint density at radius 2 is 1.90 bits per heavy atom. The average molecular weight is 419 g/mol. The van der Waals surface area contributed by atoms with Crippen molar-refractivity contribution in [2.75, 3.05) is 38.3 Å². The summed E-state index contributed by atoms with van der Waals surface area (Å²) in [6, 6.07) is 19.1. The van der Waals surface area contributed by atoms with Crippen LogP contribution in [-0.4, -0.2) is 48.7 Å². The Labute approximate surface area is 186 Å². The van der Waals surface area contributed by atoms with E-state index < -0.39 is 0 Å². The highest BCUT2D eigenvalue weighted by Gasteiger charge is 2.39. The van der Waals surface area contributed by atoms with Gasteiger partial charge in [0.1, 0.15) is 0 Å². The van der Waals surface area contributed by atoms with Crippen molar-refractivity contribution in [2.45, 2.75) is 38.6 Å². The highest BCUT2D eigenvalue weighted by atomic mass is 16.5. The first-order valence-corrected chi connectivity index (χ1v) is 11.3. The second-order valence-corrected chi connectivity index (χ2v) is 8.65. The number of hydrogen-bond donors (Lipinski definition) is 1. The number of ether oxygens (including phenoxy) is 1. The van der Waals surface area contributed by atoms with E-state index in [0.29, 0.717) is 6.61 Å². The summed E-state index contributed by atoms with van der Waals surface area (Å²) < 4.78 is 7.73. The molecular formula is C26H34N4O. The minimum absolute atomic E-state index is 0.0481. The number of methoxy groups -OCH3 is 1. The van der Waals surface area contributed by atoms with Gasteiger partial charge in [-0.05, 0) is 68.5 Å². The van der Waals surface area contributed by atoms with Gasteiger partial charge in [-0.1, -0.05) is 30.3 Å². The quantitative estimate of drug-likeness (QED) is 0.592. The summed E-state index contributed by atoms with van der Waals surface area (Å²) in [6.07, 6.45) is 5.14. The fraction of sp³-hybridized carbons (Fsp3) is 0.423. The number of piperazine rings is 1. The van der Waals surface area contributed by atoms with Gasteiger partial charge in [0, 0.05) is 38.6 Å². The van der Waals surface area contributed by atoms with Crippen LogP contribution in [0.25, 0.3) is 5.69 Å². The zero-order chi connectivity index (χ0) is 21.7. The highest BCUT2D eigenvalue weighted by Crippen LogP contribution is 2.33. The molecule has 3 aromatic rings. The van der Waals surface area contributed by atoms with Crippen molar-refractivity contribution in [1.29, 1.82) is 0 Å². The molecule has 1 atom stereocenters. The topological polar surface area (TPSA) is 42.3 Å². The minimum Gasteiger partial charge on any atom is -0.382 e. The Bertz CT molecular complexity index is 980. The van der Waals surface area contributed by atoms with Crippen LogP contribution < -0.4 is 10.2 Å². The molecule has 1 aliphatic heterocycles. The number of aryl methyl sites for hydroxylation is 2. The summed E-state index contributed by atoms with van der Waals surface area (Å²) in [5.74, 6) is 0. The fourth-order valence-corrected chi connectivity index (χ4v) is 4.76. The van der Waals surface area contributed by atoms with Crippen LogP contribution in [0.1, 0.15) is 29.7 Å². The van der Waals surface area contributed by atoms with Crippen molar-refractivity contribution in [3.63, 3.8) is 0 Å². The molecule has 5 heteroatoms. The summed E-state index contributed by atoms with van der Waals surface area (Å²) >= 11 is 0. The molecule has 1 aliphatic rings. The van der Waals surface area contributed by atoms with Gasteiger partial charge in [-0.15, -0.1) is 0 Å². The minimum atomic E-state index is -0.0481. The molecule has 2 heterocycles. The van der Waals surface area contributed by atoms with Crippen molar-refractivity contribution < 1.29 is 4.74 Å². The molecule has 4 rings (SSSR count). The molecule has 0 radical (unpaired) electrons. The van der Waals surface area contributed by atoms with Gasteiger partial charge in [0.2, 0.25) is 0 Å². The van der Waals surface area contributed by atoms with Crippen molar-refractivity contribution >= 4 is 5.69 Å². The maximum atomic E-state index is 5.77. The predicted molar refractivity (Wildman–Crippen MR) is 127 cm³/mol. The highest BCUT2D eigenvalue weighted by molar-refractivity contribution is 5.58. The van der Waals surface area contributed by atoms with Crippen LogP contribution in [0.3, 0.4) is 0 Å². The molecule has 0 saturated carbocycles. The lowest BCUT2D eigenvalue weighted by Gasteiger charge is -2.49. The maximum absolute atomic E-state index is 5.77. The first-order valence-electron chi connectivity index (χ1n) is 11.3. The number of hydrogen-bond acceptors (Lipinski definition) is 4. The summed E-state index contributed by atoms with van der Waals surface area (Å²) in [4.78, 5) is 2.60. The molecule has 1 N–H and O–H groups in total. The van der Waals surface area contributed by atoms with E-state index in [2.05, 4.69) is 66.7 Å². The van der Waals surface area contributed by atoms with Gasteiger partial charge in [0.25, 0.3) is 0 Å². The van der Waals surface area contributed by atoms with Crippen LogP contribution in [0.5, 0.6) is 0 Å². The standard InChI is InChI=1S/C26H34N4O/c1-21-9-7-13-25(22(21)2)29-18-16-27-19-26(29,20-31-3)15-8-10-23-14-17-30(28-23)24-11-5-4-6-12-24/h4-7,9,11-14,17,27H,8,10,15-16,18-20H2,1-3H3. The van der Waals surface area contributed by atoms with E-state index in [1.165, 1.54) is 16.8 Å². The Hall–Kier alpha value is -2.63. The fourth-order valence-electron chi connectivity index (χ4n) is 4.76. The van der Waals surface area contributed by atoms with Gasteiger partial charge in [0.05, 0.1) is 23.5 Å². The van der Waals surface area contributed by atoms with Crippen molar-refractivity contribution in [3.05, 3.63) is 77.6 Å². The Morgan fingerprint density at radius 3 is 2.71 bits per heavy atom. The lowest BCUT2D eigenvalue weighted by atomic mass is 9.87. The molecule has 1 aromatic heterocycles. The van der Waals surface area contributed by atoms with Crippen LogP contribution >= 0.6 is 0 Å². The van der Waals surface area contributed by atoms with E-state index in [1.54, 1.807) is 0 Å². The molecule has 1 unspecified atom stereocenters.